The van der Waals surface area contributed by atoms with Gasteiger partial charge in [-0.2, -0.15) is 0 Å². The van der Waals surface area contributed by atoms with Gasteiger partial charge in [0.05, 0.1) is 11.7 Å². The molecule has 0 spiro atoms. The van der Waals surface area contributed by atoms with E-state index in [1.54, 1.807) is 0 Å². The highest BCUT2D eigenvalue weighted by Gasteiger charge is 2.36. The minimum absolute atomic E-state index is 0.544. The molecule has 3 heterocycles. The van der Waals surface area contributed by atoms with Crippen LogP contribution in [0.15, 0.2) is 0 Å². The van der Waals surface area contributed by atoms with Crippen molar-refractivity contribution in [1.29, 1.82) is 0 Å². The number of rotatable bonds is 0. The summed E-state index contributed by atoms with van der Waals surface area (Å²) in [6.45, 7) is 4.14. The first kappa shape index (κ1) is 10.2. The van der Waals surface area contributed by atoms with E-state index >= 15 is 0 Å². The molecule has 0 N–H and O–H groups in total. The van der Waals surface area contributed by atoms with Gasteiger partial charge in [0, 0.05) is 11.7 Å². The van der Waals surface area contributed by atoms with Crippen LogP contribution in [0.25, 0.3) is 0 Å². The Morgan fingerprint density at radius 2 is 2.00 bits per heavy atom. The summed E-state index contributed by atoms with van der Waals surface area (Å²) in [6, 6.07) is 1.26. The molecule has 2 atom stereocenters. The average Bonchev–Trinajstić information content (AvgIpc) is 2.20. The first-order chi connectivity index (χ1) is 7.66. The van der Waals surface area contributed by atoms with Crippen LogP contribution in [-0.2, 0) is 6.42 Å². The van der Waals surface area contributed by atoms with Crippen LogP contribution in [0.1, 0.15) is 48.1 Å². The lowest BCUT2D eigenvalue weighted by Gasteiger charge is -2.44. The highest BCUT2D eigenvalue weighted by atomic mass is 15.2. The van der Waals surface area contributed by atoms with Crippen molar-refractivity contribution in [2.45, 2.75) is 51.6 Å². The quantitative estimate of drug-likeness (QED) is 0.667. The van der Waals surface area contributed by atoms with Crippen LogP contribution < -0.4 is 0 Å². The topological polar surface area (TPSA) is 29.0 Å². The monoisotopic (exact) mass is 217 g/mol. The molecule has 0 aromatic carbocycles. The first-order valence-electron chi connectivity index (χ1n) is 6.23. The van der Waals surface area contributed by atoms with Crippen molar-refractivity contribution in [3.05, 3.63) is 22.8 Å². The fraction of sp³-hybridized carbons (Fsp3) is 0.692. The lowest BCUT2D eigenvalue weighted by atomic mass is 9.82. The number of hydrogen-bond acceptors (Lipinski definition) is 3. The smallest absolute Gasteiger partial charge is 0.125 e. The van der Waals surface area contributed by atoms with Crippen molar-refractivity contribution >= 4 is 0 Å². The molecule has 1 fully saturated rings. The molecule has 2 aliphatic rings. The van der Waals surface area contributed by atoms with Gasteiger partial charge in [0.2, 0.25) is 0 Å². The third-order valence-electron chi connectivity index (χ3n) is 4.20. The van der Waals surface area contributed by atoms with Gasteiger partial charge in [-0.15, -0.1) is 0 Å². The number of fused-ring (bicyclic) bond motifs is 4. The predicted octanol–water partition coefficient (Wildman–Crippen LogP) is 2.17. The van der Waals surface area contributed by atoms with Gasteiger partial charge >= 0.3 is 0 Å². The summed E-state index contributed by atoms with van der Waals surface area (Å²) in [5.41, 5.74) is 3.94. The van der Waals surface area contributed by atoms with Gasteiger partial charge in [0.25, 0.3) is 0 Å². The summed E-state index contributed by atoms with van der Waals surface area (Å²) in [6.07, 6.45) is 5.09. The largest absolute Gasteiger partial charge is 0.295 e. The van der Waals surface area contributed by atoms with Gasteiger partial charge in [0.1, 0.15) is 5.82 Å². The van der Waals surface area contributed by atoms with Crippen molar-refractivity contribution in [2.75, 3.05) is 7.05 Å². The van der Waals surface area contributed by atoms with E-state index in [0.29, 0.717) is 6.04 Å². The molecule has 2 bridgehead atoms. The van der Waals surface area contributed by atoms with E-state index in [-0.39, 0.29) is 0 Å². The zero-order valence-electron chi connectivity index (χ0n) is 10.3. The Balaban J connectivity index is 2.14. The molecular formula is C13H19N3. The lowest BCUT2D eigenvalue weighted by Crippen LogP contribution is -2.45. The Labute approximate surface area is 96.9 Å². The normalized spacial score (nSPS) is 28.9. The Hall–Kier alpha value is -0.960. The molecule has 2 unspecified atom stereocenters. The van der Waals surface area contributed by atoms with E-state index < -0.39 is 0 Å². The number of likely N-dealkylation sites (N-methyl/N-ethyl adjacent to an activating group) is 1. The van der Waals surface area contributed by atoms with E-state index in [4.69, 9.17) is 4.98 Å². The fourth-order valence-electron chi connectivity index (χ4n) is 3.31. The molecule has 3 heteroatoms. The third-order valence-corrected chi connectivity index (χ3v) is 4.20. The van der Waals surface area contributed by atoms with Crippen LogP contribution in [-0.4, -0.2) is 28.0 Å². The van der Waals surface area contributed by atoms with E-state index in [2.05, 4.69) is 23.9 Å². The SMILES string of the molecule is Cc1nc(C)c2c(n1)C1CCCC(C2)N1C. The number of nitrogens with zero attached hydrogens (tertiary/aromatic N) is 3. The maximum Gasteiger partial charge on any atom is 0.125 e. The van der Waals surface area contributed by atoms with Crippen LogP contribution in [0.2, 0.25) is 0 Å². The molecular weight excluding hydrogens is 198 g/mol. The number of piperidine rings is 1. The molecule has 16 heavy (non-hydrogen) atoms. The van der Waals surface area contributed by atoms with Crippen LogP contribution in [0.4, 0.5) is 0 Å². The molecule has 86 valence electrons. The molecule has 0 amide bonds. The van der Waals surface area contributed by atoms with Gasteiger partial charge < -0.3 is 0 Å². The second kappa shape index (κ2) is 3.52. The molecule has 0 aliphatic carbocycles. The van der Waals surface area contributed by atoms with Crippen LogP contribution in [0.5, 0.6) is 0 Å². The zero-order valence-corrected chi connectivity index (χ0v) is 10.3. The summed E-state index contributed by atoms with van der Waals surface area (Å²) in [4.78, 5) is 11.7. The standard InChI is InChI=1S/C13H19N3/c1-8-11-7-10-5-4-6-12(16(10)3)13(11)15-9(2)14-8/h10,12H,4-7H2,1-3H3. The van der Waals surface area contributed by atoms with E-state index in [9.17, 15) is 0 Å². The Bertz CT molecular complexity index is 427. The summed E-state index contributed by atoms with van der Waals surface area (Å²) >= 11 is 0. The van der Waals surface area contributed by atoms with Gasteiger partial charge in [-0.25, -0.2) is 9.97 Å². The minimum atomic E-state index is 0.544. The fourth-order valence-corrected chi connectivity index (χ4v) is 3.31. The van der Waals surface area contributed by atoms with Crippen molar-refractivity contribution in [1.82, 2.24) is 14.9 Å². The second-order valence-corrected chi connectivity index (χ2v) is 5.19. The van der Waals surface area contributed by atoms with Crippen molar-refractivity contribution in [2.24, 2.45) is 0 Å². The third kappa shape index (κ3) is 1.38. The molecule has 1 saturated heterocycles. The number of hydrogen-bond donors (Lipinski definition) is 0. The van der Waals surface area contributed by atoms with Gasteiger partial charge in [-0.3, -0.25) is 4.90 Å². The average molecular weight is 217 g/mol. The summed E-state index contributed by atoms with van der Waals surface area (Å²) in [7, 11) is 2.25. The summed E-state index contributed by atoms with van der Waals surface area (Å²) < 4.78 is 0. The van der Waals surface area contributed by atoms with Crippen molar-refractivity contribution < 1.29 is 0 Å². The molecule has 0 saturated carbocycles. The molecule has 3 nitrogen and oxygen atoms in total. The molecule has 1 aromatic heterocycles. The first-order valence-corrected chi connectivity index (χ1v) is 6.23. The molecule has 2 aliphatic heterocycles. The predicted molar refractivity (Wildman–Crippen MR) is 63.4 cm³/mol. The number of aryl methyl sites for hydroxylation is 2. The van der Waals surface area contributed by atoms with Crippen molar-refractivity contribution in [3.8, 4) is 0 Å². The van der Waals surface area contributed by atoms with E-state index in [1.807, 2.05) is 6.92 Å². The Morgan fingerprint density at radius 3 is 2.81 bits per heavy atom. The minimum Gasteiger partial charge on any atom is -0.295 e. The van der Waals surface area contributed by atoms with Gasteiger partial charge in [-0.1, -0.05) is 0 Å². The van der Waals surface area contributed by atoms with Crippen LogP contribution in [0.3, 0.4) is 0 Å². The summed E-state index contributed by atoms with van der Waals surface area (Å²) in [5, 5.41) is 0. The number of aromatic nitrogens is 2. The van der Waals surface area contributed by atoms with Crippen molar-refractivity contribution in [3.63, 3.8) is 0 Å². The van der Waals surface area contributed by atoms with Crippen LogP contribution >= 0.6 is 0 Å². The van der Waals surface area contributed by atoms with E-state index in [1.165, 1.54) is 36.2 Å². The molecule has 1 aromatic rings. The second-order valence-electron chi connectivity index (χ2n) is 5.19. The lowest BCUT2D eigenvalue weighted by molar-refractivity contribution is 0.0957. The van der Waals surface area contributed by atoms with Gasteiger partial charge in [0.15, 0.2) is 0 Å². The Kier molecular flexibility index (Phi) is 2.25. The maximum atomic E-state index is 4.69. The van der Waals surface area contributed by atoms with E-state index in [0.717, 1.165) is 18.3 Å². The molecule has 3 rings (SSSR count). The zero-order chi connectivity index (χ0) is 11.3. The highest BCUT2D eigenvalue weighted by Crippen LogP contribution is 2.40. The summed E-state index contributed by atoms with van der Waals surface area (Å²) in [5.74, 6) is 0.925. The molecule has 0 radical (unpaired) electrons. The maximum absolute atomic E-state index is 4.69. The van der Waals surface area contributed by atoms with Crippen LogP contribution in [0, 0.1) is 13.8 Å². The van der Waals surface area contributed by atoms with Gasteiger partial charge in [-0.05, 0) is 52.1 Å². The Morgan fingerprint density at radius 1 is 1.19 bits per heavy atom. The highest BCUT2D eigenvalue weighted by molar-refractivity contribution is 5.32.